The highest BCUT2D eigenvalue weighted by atomic mass is 16.2. The largest absolute Gasteiger partial charge is 0.351 e. The van der Waals surface area contributed by atoms with Crippen LogP contribution >= 0.6 is 0 Å². The van der Waals surface area contributed by atoms with Crippen LogP contribution in [0, 0.1) is 13.8 Å². The molecule has 1 aliphatic rings. The molecule has 3 aromatic rings. The lowest BCUT2D eigenvalue weighted by atomic mass is 10.2. The van der Waals surface area contributed by atoms with E-state index < -0.39 is 0 Å². The van der Waals surface area contributed by atoms with Crippen LogP contribution in [0.2, 0.25) is 0 Å². The van der Waals surface area contributed by atoms with E-state index in [0.29, 0.717) is 49.8 Å². The maximum absolute atomic E-state index is 12.7. The lowest BCUT2D eigenvalue weighted by molar-refractivity contribution is -0.131. The molecule has 0 aliphatic carbocycles. The second-order valence-electron chi connectivity index (χ2n) is 7.71. The number of imidazole rings is 1. The van der Waals surface area contributed by atoms with E-state index in [1.807, 2.05) is 41.5 Å². The Labute approximate surface area is 181 Å². The predicted molar refractivity (Wildman–Crippen MR) is 117 cm³/mol. The van der Waals surface area contributed by atoms with E-state index in [1.165, 1.54) is 0 Å². The predicted octanol–water partition coefficient (Wildman–Crippen LogP) is 1.60. The number of rotatable bonds is 6. The molecule has 0 radical (unpaired) electrons. The highest BCUT2D eigenvalue weighted by molar-refractivity contribution is 5.94. The number of aryl methyl sites for hydroxylation is 2. The summed E-state index contributed by atoms with van der Waals surface area (Å²) >= 11 is 0. The van der Waals surface area contributed by atoms with Crippen molar-refractivity contribution in [2.75, 3.05) is 37.6 Å². The van der Waals surface area contributed by atoms with E-state index in [9.17, 15) is 9.59 Å². The van der Waals surface area contributed by atoms with Crippen LogP contribution in [0.1, 0.15) is 34.6 Å². The van der Waals surface area contributed by atoms with Crippen molar-refractivity contribution in [2.45, 2.75) is 26.7 Å². The van der Waals surface area contributed by atoms with Gasteiger partial charge in [-0.1, -0.05) is 6.07 Å². The van der Waals surface area contributed by atoms with Crippen molar-refractivity contribution in [2.24, 2.45) is 0 Å². The molecule has 0 aromatic carbocycles. The average molecular weight is 422 g/mol. The smallest absolute Gasteiger partial charge is 0.270 e. The van der Waals surface area contributed by atoms with Gasteiger partial charge in [0.05, 0.1) is 5.69 Å². The molecule has 3 aromatic heterocycles. The van der Waals surface area contributed by atoms with E-state index in [-0.39, 0.29) is 11.8 Å². The van der Waals surface area contributed by atoms with Crippen molar-refractivity contribution in [1.29, 1.82) is 0 Å². The lowest BCUT2D eigenvalue weighted by Gasteiger charge is -2.34. The molecule has 1 fully saturated rings. The number of nitrogens with zero attached hydrogens (tertiary/aromatic N) is 6. The normalized spacial score (nSPS) is 14.1. The second-order valence-corrected chi connectivity index (χ2v) is 7.71. The number of carbonyl (C=O) groups is 2. The van der Waals surface area contributed by atoms with E-state index in [1.54, 1.807) is 18.5 Å². The molecule has 2 amide bonds. The second kappa shape index (κ2) is 9.11. The highest BCUT2D eigenvalue weighted by Gasteiger charge is 2.22. The van der Waals surface area contributed by atoms with E-state index >= 15 is 0 Å². The van der Waals surface area contributed by atoms with E-state index in [0.717, 1.165) is 24.3 Å². The fourth-order valence-electron chi connectivity index (χ4n) is 3.88. The number of pyridine rings is 1. The van der Waals surface area contributed by atoms with Crippen molar-refractivity contribution >= 4 is 23.4 Å². The van der Waals surface area contributed by atoms with Crippen molar-refractivity contribution in [3.8, 4) is 0 Å². The Balaban J connectivity index is 1.23. The molecule has 9 heteroatoms. The van der Waals surface area contributed by atoms with Crippen molar-refractivity contribution < 1.29 is 9.59 Å². The molecule has 1 aliphatic heterocycles. The summed E-state index contributed by atoms with van der Waals surface area (Å²) in [4.78, 5) is 42.2. The van der Waals surface area contributed by atoms with Crippen LogP contribution in [0.15, 0.2) is 36.8 Å². The average Bonchev–Trinajstić information content (AvgIpc) is 3.14. The van der Waals surface area contributed by atoms with Gasteiger partial charge in [0.25, 0.3) is 5.91 Å². The molecule has 0 saturated carbocycles. The Morgan fingerprint density at radius 3 is 2.55 bits per heavy atom. The van der Waals surface area contributed by atoms with Crippen LogP contribution in [0.3, 0.4) is 0 Å². The van der Waals surface area contributed by atoms with Crippen molar-refractivity contribution in [1.82, 2.24) is 29.6 Å². The number of hydrogen-bond acceptors (Lipinski definition) is 6. The van der Waals surface area contributed by atoms with Gasteiger partial charge in [0.2, 0.25) is 11.9 Å². The first-order valence-corrected chi connectivity index (χ1v) is 10.6. The number of hydrogen-bond donors (Lipinski definition) is 1. The molecule has 31 heavy (non-hydrogen) atoms. The minimum atomic E-state index is -0.167. The van der Waals surface area contributed by atoms with Gasteiger partial charge in [0.1, 0.15) is 11.3 Å². The maximum atomic E-state index is 12.7. The highest BCUT2D eigenvalue weighted by Crippen LogP contribution is 2.15. The minimum absolute atomic E-state index is 0.115. The lowest BCUT2D eigenvalue weighted by Crippen LogP contribution is -2.49. The summed E-state index contributed by atoms with van der Waals surface area (Å²) in [6.45, 7) is 7.01. The molecule has 1 saturated heterocycles. The molecule has 0 spiro atoms. The topological polar surface area (TPSA) is 95.7 Å². The van der Waals surface area contributed by atoms with Gasteiger partial charge in [-0.15, -0.1) is 0 Å². The number of carbonyl (C=O) groups excluding carboxylic acids is 2. The van der Waals surface area contributed by atoms with Gasteiger partial charge in [0, 0.05) is 57.7 Å². The third-order valence-electron chi connectivity index (χ3n) is 5.55. The fourth-order valence-corrected chi connectivity index (χ4v) is 3.88. The molecule has 4 rings (SSSR count). The summed E-state index contributed by atoms with van der Waals surface area (Å²) in [6, 6.07) is 5.67. The first-order valence-electron chi connectivity index (χ1n) is 10.6. The standard InChI is InChI=1S/C22H27N7O2/c1-16-6-4-11-29-19(17(2)26-20(16)29)21(31)23-8-3-7-18(30)27-12-14-28(15-13-27)22-24-9-5-10-25-22/h4-6,9-11H,3,7-8,12-15H2,1-2H3,(H,23,31). The first kappa shape index (κ1) is 20.8. The summed E-state index contributed by atoms with van der Waals surface area (Å²) in [5.74, 6) is 0.652. The fraction of sp³-hybridized carbons (Fsp3) is 0.409. The third-order valence-corrected chi connectivity index (χ3v) is 5.55. The zero-order valence-electron chi connectivity index (χ0n) is 17.9. The zero-order valence-corrected chi connectivity index (χ0v) is 17.9. The third kappa shape index (κ3) is 4.50. The molecular weight excluding hydrogens is 394 g/mol. The number of piperazine rings is 1. The van der Waals surface area contributed by atoms with Crippen LogP contribution < -0.4 is 10.2 Å². The summed E-state index contributed by atoms with van der Waals surface area (Å²) < 4.78 is 1.82. The Morgan fingerprint density at radius 2 is 1.81 bits per heavy atom. The van der Waals surface area contributed by atoms with Crippen molar-refractivity contribution in [3.05, 3.63) is 53.7 Å². The SMILES string of the molecule is Cc1nc2c(C)cccn2c1C(=O)NCCCC(=O)N1CCN(c2ncccn2)CC1. The van der Waals surface area contributed by atoms with E-state index in [4.69, 9.17) is 0 Å². The van der Waals surface area contributed by atoms with Crippen LogP contribution in [0.4, 0.5) is 5.95 Å². The van der Waals surface area contributed by atoms with E-state index in [2.05, 4.69) is 25.2 Å². The van der Waals surface area contributed by atoms with Gasteiger partial charge >= 0.3 is 0 Å². The summed E-state index contributed by atoms with van der Waals surface area (Å²) in [6.07, 6.45) is 6.31. The Kier molecular flexibility index (Phi) is 6.11. The first-order chi connectivity index (χ1) is 15.0. The van der Waals surface area contributed by atoms with Gasteiger partial charge in [-0.3, -0.25) is 14.0 Å². The molecule has 0 unspecified atom stereocenters. The van der Waals surface area contributed by atoms with Crippen LogP contribution in [-0.4, -0.2) is 68.8 Å². The molecule has 4 heterocycles. The monoisotopic (exact) mass is 421 g/mol. The number of aromatic nitrogens is 4. The number of anilines is 1. The van der Waals surface area contributed by atoms with Crippen LogP contribution in [0.5, 0.6) is 0 Å². The molecule has 162 valence electrons. The molecule has 0 atom stereocenters. The van der Waals surface area contributed by atoms with Gasteiger partial charge in [-0.25, -0.2) is 15.0 Å². The minimum Gasteiger partial charge on any atom is -0.351 e. The molecule has 9 nitrogen and oxygen atoms in total. The summed E-state index contributed by atoms with van der Waals surface area (Å²) in [7, 11) is 0. The zero-order chi connectivity index (χ0) is 21.8. The Hall–Kier alpha value is -3.49. The van der Waals surface area contributed by atoms with Crippen LogP contribution in [0.25, 0.3) is 5.65 Å². The number of nitrogens with one attached hydrogen (secondary N) is 1. The number of amides is 2. The maximum Gasteiger partial charge on any atom is 0.270 e. The van der Waals surface area contributed by atoms with Gasteiger partial charge < -0.3 is 15.1 Å². The Morgan fingerprint density at radius 1 is 1.06 bits per heavy atom. The van der Waals surface area contributed by atoms with Gasteiger partial charge in [-0.2, -0.15) is 0 Å². The Bertz CT molecular complexity index is 1070. The van der Waals surface area contributed by atoms with Gasteiger partial charge in [0.15, 0.2) is 0 Å². The molecule has 1 N–H and O–H groups in total. The molecule has 0 bridgehead atoms. The van der Waals surface area contributed by atoms with Gasteiger partial charge in [-0.05, 0) is 38.0 Å². The molecular formula is C22H27N7O2. The van der Waals surface area contributed by atoms with Crippen molar-refractivity contribution in [3.63, 3.8) is 0 Å². The summed E-state index contributed by atoms with van der Waals surface area (Å²) in [5, 5.41) is 2.93. The quantitative estimate of drug-likeness (QED) is 0.608. The van der Waals surface area contributed by atoms with Crippen LogP contribution in [-0.2, 0) is 4.79 Å². The number of fused-ring (bicyclic) bond motifs is 1. The summed E-state index contributed by atoms with van der Waals surface area (Å²) in [5.41, 5.74) is 3.06.